The van der Waals surface area contributed by atoms with Crippen LogP contribution in [0.2, 0.25) is 0 Å². The molecule has 3 aromatic rings. The Morgan fingerprint density at radius 3 is 2.72 bits per heavy atom. The van der Waals surface area contributed by atoms with Crippen molar-refractivity contribution in [2.24, 2.45) is 5.92 Å². The second-order valence-corrected chi connectivity index (χ2v) is 10.2. The first-order valence-corrected chi connectivity index (χ1v) is 12.2. The number of hydrogen-bond donors (Lipinski definition) is 2. The van der Waals surface area contributed by atoms with Gasteiger partial charge in [-0.3, -0.25) is 19.4 Å². The summed E-state index contributed by atoms with van der Waals surface area (Å²) >= 11 is 1.30. The average molecular weight is 517 g/mol. The standard InChI is InChI=1S/C23H19F3N6O3S/c1-9-14(18(33)21(35)30-23(3-4-23)22-31-28-8-36-22)13-7-10-6-12(10)32(13)17(9)20(34)29-11-2-5-27-16(15(11)24)19(25)26/h2,5,8,10,12,19H,3-4,6-7H2,1H3,(H,30,35)(H,27,29,34)/t10-,12-/m1/s1. The van der Waals surface area contributed by atoms with Gasteiger partial charge < -0.3 is 15.2 Å². The predicted molar refractivity (Wildman–Crippen MR) is 120 cm³/mol. The molecule has 1 aliphatic heterocycles. The topological polar surface area (TPSA) is 119 Å². The molecule has 0 saturated heterocycles. The fourth-order valence-electron chi connectivity index (χ4n) is 5.11. The lowest BCUT2D eigenvalue weighted by molar-refractivity contribution is -0.118. The van der Waals surface area contributed by atoms with Crippen LogP contribution >= 0.6 is 11.3 Å². The summed E-state index contributed by atoms with van der Waals surface area (Å²) in [6, 6.07) is 1.09. The van der Waals surface area contributed by atoms with Crippen LogP contribution in [0.25, 0.3) is 0 Å². The van der Waals surface area contributed by atoms with E-state index < -0.39 is 46.8 Å². The Morgan fingerprint density at radius 2 is 2.06 bits per heavy atom. The highest BCUT2D eigenvalue weighted by Crippen LogP contribution is 2.54. The molecule has 9 nitrogen and oxygen atoms in total. The summed E-state index contributed by atoms with van der Waals surface area (Å²) in [7, 11) is 0. The number of ketones is 1. The zero-order valence-electron chi connectivity index (χ0n) is 18.8. The van der Waals surface area contributed by atoms with E-state index in [-0.39, 0.29) is 28.8 Å². The summed E-state index contributed by atoms with van der Waals surface area (Å²) in [5.74, 6) is -3.38. The lowest BCUT2D eigenvalue weighted by Gasteiger charge is -2.14. The van der Waals surface area contributed by atoms with Crippen LogP contribution in [0, 0.1) is 18.7 Å². The summed E-state index contributed by atoms with van der Waals surface area (Å²) < 4.78 is 42.3. The first-order valence-electron chi connectivity index (χ1n) is 11.3. The number of carbonyl (C=O) groups is 3. The van der Waals surface area contributed by atoms with E-state index in [0.29, 0.717) is 30.0 Å². The summed E-state index contributed by atoms with van der Waals surface area (Å²) in [5.41, 5.74) is 0.497. The maximum atomic E-state index is 14.5. The number of alkyl halides is 2. The molecule has 2 fully saturated rings. The molecule has 0 aromatic carbocycles. The number of halogens is 3. The molecular weight excluding hydrogens is 497 g/mol. The van der Waals surface area contributed by atoms with Gasteiger partial charge in [0.2, 0.25) is 0 Å². The van der Waals surface area contributed by atoms with Crippen LogP contribution in [0.5, 0.6) is 0 Å². The maximum absolute atomic E-state index is 14.5. The van der Waals surface area contributed by atoms with Gasteiger partial charge in [-0.2, -0.15) is 0 Å². The van der Waals surface area contributed by atoms with E-state index in [1.54, 1.807) is 17.0 Å². The number of Topliss-reactive ketones (excluding diaryl/α,β-unsaturated/α-hetero) is 1. The van der Waals surface area contributed by atoms with E-state index in [9.17, 15) is 27.6 Å². The normalized spacial score (nSPS) is 20.6. The Labute approximate surface area is 206 Å². The van der Waals surface area contributed by atoms with Crippen molar-refractivity contribution in [3.8, 4) is 0 Å². The van der Waals surface area contributed by atoms with Crippen LogP contribution in [0.1, 0.15) is 74.5 Å². The number of nitrogens with one attached hydrogen (secondary N) is 2. The molecule has 0 unspecified atom stereocenters. The summed E-state index contributed by atoms with van der Waals surface area (Å²) in [4.78, 5) is 43.0. The van der Waals surface area contributed by atoms with Gasteiger partial charge >= 0.3 is 0 Å². The van der Waals surface area contributed by atoms with Crippen LogP contribution in [-0.4, -0.2) is 37.3 Å². The van der Waals surface area contributed by atoms with Gasteiger partial charge in [-0.25, -0.2) is 13.2 Å². The van der Waals surface area contributed by atoms with Crippen LogP contribution < -0.4 is 10.6 Å². The van der Waals surface area contributed by atoms with Gasteiger partial charge in [-0.1, -0.05) is 0 Å². The largest absolute Gasteiger partial charge is 0.337 e. The van der Waals surface area contributed by atoms with Gasteiger partial charge in [0, 0.05) is 17.9 Å². The highest BCUT2D eigenvalue weighted by atomic mass is 32.1. The second kappa shape index (κ2) is 7.95. The molecule has 3 aliphatic rings. The number of nitrogens with zero attached hydrogens (tertiary/aromatic N) is 4. The molecule has 2 saturated carbocycles. The van der Waals surface area contributed by atoms with E-state index in [1.165, 1.54) is 11.3 Å². The third-order valence-corrected chi connectivity index (χ3v) is 8.01. The molecule has 36 heavy (non-hydrogen) atoms. The Bertz CT molecular complexity index is 1430. The smallest absolute Gasteiger partial charge is 0.293 e. The molecule has 0 radical (unpaired) electrons. The SMILES string of the molecule is Cc1c(C(=O)C(=O)NC2(c3nncs3)CC2)c2n(c1C(=O)Nc1ccnc(C(F)F)c1F)[C@@H]1C[C@@H]1C2. The van der Waals surface area contributed by atoms with Gasteiger partial charge in [-0.15, -0.1) is 21.5 Å². The minimum atomic E-state index is -3.15. The minimum absolute atomic E-state index is 0.000796. The summed E-state index contributed by atoms with van der Waals surface area (Å²) in [5, 5.41) is 13.6. The Morgan fingerprint density at radius 1 is 1.28 bits per heavy atom. The van der Waals surface area contributed by atoms with Crippen molar-refractivity contribution >= 4 is 34.6 Å². The molecule has 186 valence electrons. The number of hydrogen-bond acceptors (Lipinski definition) is 7. The van der Waals surface area contributed by atoms with Crippen molar-refractivity contribution in [3.63, 3.8) is 0 Å². The number of pyridine rings is 1. The van der Waals surface area contributed by atoms with Gasteiger partial charge in [0.25, 0.3) is 24.0 Å². The van der Waals surface area contributed by atoms with Gasteiger partial charge in [0.1, 0.15) is 21.9 Å². The highest BCUT2D eigenvalue weighted by molar-refractivity contribution is 7.09. The van der Waals surface area contributed by atoms with Crippen molar-refractivity contribution in [2.75, 3.05) is 5.32 Å². The van der Waals surface area contributed by atoms with Crippen molar-refractivity contribution in [1.29, 1.82) is 0 Å². The van der Waals surface area contributed by atoms with E-state index in [1.807, 2.05) is 0 Å². The Hall–Kier alpha value is -3.61. The predicted octanol–water partition coefficient (Wildman–Crippen LogP) is 3.48. The molecule has 3 aromatic heterocycles. The first kappa shape index (κ1) is 22.8. The van der Waals surface area contributed by atoms with E-state index in [2.05, 4.69) is 25.8 Å². The van der Waals surface area contributed by atoms with Gasteiger partial charge in [0.05, 0.1) is 16.8 Å². The third kappa shape index (κ3) is 3.44. The van der Waals surface area contributed by atoms with Crippen LogP contribution in [0.3, 0.4) is 0 Å². The van der Waals surface area contributed by atoms with Crippen molar-refractivity contribution in [3.05, 3.63) is 56.8 Å². The fourth-order valence-corrected chi connectivity index (χ4v) is 5.88. The maximum Gasteiger partial charge on any atom is 0.293 e. The Balaban J connectivity index is 1.32. The zero-order chi connectivity index (χ0) is 25.4. The molecule has 6 rings (SSSR count). The van der Waals surface area contributed by atoms with Crippen LogP contribution in [-0.2, 0) is 16.8 Å². The second-order valence-electron chi connectivity index (χ2n) is 9.35. The van der Waals surface area contributed by atoms with Crippen molar-refractivity contribution in [2.45, 2.75) is 50.6 Å². The monoisotopic (exact) mass is 516 g/mol. The number of rotatable bonds is 7. The molecule has 4 heterocycles. The highest BCUT2D eigenvalue weighted by Gasteiger charge is 2.52. The van der Waals surface area contributed by atoms with Gasteiger partial charge in [0.15, 0.2) is 5.82 Å². The van der Waals surface area contributed by atoms with Crippen molar-refractivity contribution in [1.82, 2.24) is 25.1 Å². The Kier molecular flexibility index (Phi) is 5.04. The molecule has 0 bridgehead atoms. The lowest BCUT2D eigenvalue weighted by Crippen LogP contribution is -2.39. The minimum Gasteiger partial charge on any atom is -0.337 e. The average Bonchev–Trinajstić information content (AvgIpc) is 3.62. The number of anilines is 1. The quantitative estimate of drug-likeness (QED) is 0.367. The van der Waals surface area contributed by atoms with E-state index in [4.69, 9.17) is 0 Å². The molecule has 2 atom stereocenters. The zero-order valence-corrected chi connectivity index (χ0v) is 19.7. The van der Waals surface area contributed by atoms with Crippen LogP contribution in [0.15, 0.2) is 17.8 Å². The van der Waals surface area contributed by atoms with E-state index in [0.717, 1.165) is 18.7 Å². The number of aromatic nitrogens is 4. The number of amides is 2. The summed E-state index contributed by atoms with van der Waals surface area (Å²) in [6.07, 6.45) is 0.478. The fraction of sp³-hybridized carbons (Fsp3) is 0.391. The van der Waals surface area contributed by atoms with Crippen LogP contribution in [0.4, 0.5) is 18.9 Å². The van der Waals surface area contributed by atoms with Crippen molar-refractivity contribution < 1.29 is 27.6 Å². The third-order valence-electron chi connectivity index (χ3n) is 7.11. The molecular formula is C23H19F3N6O3S. The summed E-state index contributed by atoms with van der Waals surface area (Å²) in [6.45, 7) is 1.56. The molecule has 2 N–H and O–H groups in total. The van der Waals surface area contributed by atoms with E-state index >= 15 is 0 Å². The molecule has 2 aliphatic carbocycles. The molecule has 13 heteroatoms. The van der Waals surface area contributed by atoms with Gasteiger partial charge in [-0.05, 0) is 50.2 Å². The number of carbonyl (C=O) groups excluding carboxylic acids is 3. The number of fused-ring (bicyclic) bond motifs is 3. The lowest BCUT2D eigenvalue weighted by atomic mass is 10.0. The first-order chi connectivity index (χ1) is 17.2. The molecule has 2 amide bonds. The molecule has 0 spiro atoms.